The van der Waals surface area contributed by atoms with Gasteiger partial charge < -0.3 is 9.64 Å². The number of rotatable bonds is 4. The molecule has 1 aliphatic rings. The van der Waals surface area contributed by atoms with Crippen molar-refractivity contribution in [2.24, 2.45) is 7.05 Å². The number of carbonyl (C=O) groups excluding carboxylic acids is 1. The van der Waals surface area contributed by atoms with Crippen LogP contribution in [0.2, 0.25) is 0 Å². The Morgan fingerprint density at radius 3 is 2.92 bits per heavy atom. The van der Waals surface area contributed by atoms with Gasteiger partial charge in [0.05, 0.1) is 18.7 Å². The molecule has 1 saturated heterocycles. The molecule has 0 aromatic carbocycles. The van der Waals surface area contributed by atoms with Crippen molar-refractivity contribution in [2.45, 2.75) is 19.3 Å². The summed E-state index contributed by atoms with van der Waals surface area (Å²) >= 11 is 1.42. The highest BCUT2D eigenvalue weighted by atomic mass is 32.1. The smallest absolute Gasteiger partial charge is 0.272 e. The van der Waals surface area contributed by atoms with E-state index in [-0.39, 0.29) is 11.5 Å². The molecule has 3 aromatic rings. The second kappa shape index (κ2) is 6.57. The molecule has 1 aliphatic heterocycles. The summed E-state index contributed by atoms with van der Waals surface area (Å²) in [5, 5.41) is 10.3. The van der Waals surface area contributed by atoms with E-state index in [1.54, 1.807) is 7.05 Å². The van der Waals surface area contributed by atoms with Crippen LogP contribution in [0.5, 0.6) is 0 Å². The molecule has 4 heterocycles. The molecule has 1 fully saturated rings. The number of aryl methyl sites for hydroxylation is 2. The Morgan fingerprint density at radius 1 is 1.32 bits per heavy atom. The SMILES string of the molecule is Cn1c(=O)c2sccc2n2c(CCCC(=O)N3CCOCC3)nnc12. The third kappa shape index (κ3) is 2.83. The lowest BCUT2D eigenvalue weighted by molar-refractivity contribution is -0.135. The Morgan fingerprint density at radius 2 is 2.12 bits per heavy atom. The van der Waals surface area contributed by atoms with E-state index < -0.39 is 0 Å². The zero-order valence-electron chi connectivity index (χ0n) is 14.0. The van der Waals surface area contributed by atoms with Gasteiger partial charge in [-0.25, -0.2) is 0 Å². The summed E-state index contributed by atoms with van der Waals surface area (Å²) in [4.78, 5) is 26.4. The number of ether oxygens (including phenoxy) is 1. The van der Waals surface area contributed by atoms with Crippen LogP contribution in [-0.2, 0) is 23.0 Å². The average Bonchev–Trinajstić information content (AvgIpc) is 3.27. The van der Waals surface area contributed by atoms with Crippen LogP contribution in [0.4, 0.5) is 0 Å². The van der Waals surface area contributed by atoms with Crippen molar-refractivity contribution in [2.75, 3.05) is 26.3 Å². The summed E-state index contributed by atoms with van der Waals surface area (Å²) in [5.41, 5.74) is 0.779. The van der Waals surface area contributed by atoms with Gasteiger partial charge in [-0.2, -0.15) is 0 Å². The number of thiophene rings is 1. The van der Waals surface area contributed by atoms with E-state index in [9.17, 15) is 9.59 Å². The number of hydrogen-bond acceptors (Lipinski definition) is 6. The van der Waals surface area contributed by atoms with E-state index in [2.05, 4.69) is 10.2 Å². The average molecular weight is 361 g/mol. The van der Waals surface area contributed by atoms with E-state index in [1.807, 2.05) is 20.7 Å². The molecule has 0 atom stereocenters. The van der Waals surface area contributed by atoms with Crippen molar-refractivity contribution >= 4 is 33.2 Å². The molecule has 0 unspecified atom stereocenters. The molecule has 132 valence electrons. The number of nitrogens with zero attached hydrogens (tertiary/aromatic N) is 5. The summed E-state index contributed by atoms with van der Waals surface area (Å²) in [6.07, 6.45) is 1.82. The molecule has 1 amide bonds. The Balaban J connectivity index is 1.54. The molecule has 25 heavy (non-hydrogen) atoms. The second-order valence-electron chi connectivity index (χ2n) is 6.10. The first-order valence-corrected chi connectivity index (χ1v) is 9.20. The maximum Gasteiger partial charge on any atom is 0.272 e. The molecule has 0 N–H and O–H groups in total. The fourth-order valence-electron chi connectivity index (χ4n) is 3.18. The van der Waals surface area contributed by atoms with E-state index in [4.69, 9.17) is 4.74 Å². The molecule has 0 bridgehead atoms. The molecular weight excluding hydrogens is 342 g/mol. The largest absolute Gasteiger partial charge is 0.378 e. The minimum absolute atomic E-state index is 0.0565. The van der Waals surface area contributed by atoms with Crippen LogP contribution in [-0.4, -0.2) is 56.3 Å². The number of aromatic nitrogens is 4. The summed E-state index contributed by atoms with van der Waals surface area (Å²) in [6.45, 7) is 2.57. The standard InChI is InChI=1S/C16H19N5O3S/c1-19-15(23)14-11(5-10-25-14)21-12(17-18-16(19)21)3-2-4-13(22)20-6-8-24-9-7-20/h5,10H,2-4,6-9H2,1H3. The molecule has 8 nitrogen and oxygen atoms in total. The van der Waals surface area contributed by atoms with Gasteiger partial charge in [-0.15, -0.1) is 21.5 Å². The normalized spacial score (nSPS) is 15.3. The topological polar surface area (TPSA) is 81.7 Å². The third-order valence-electron chi connectivity index (χ3n) is 4.55. The Kier molecular flexibility index (Phi) is 4.26. The van der Waals surface area contributed by atoms with E-state index in [0.29, 0.717) is 56.0 Å². The van der Waals surface area contributed by atoms with Crippen LogP contribution in [0, 0.1) is 0 Å². The molecular formula is C16H19N5O3S. The highest BCUT2D eigenvalue weighted by Gasteiger charge is 2.18. The molecule has 0 saturated carbocycles. The number of fused-ring (bicyclic) bond motifs is 3. The molecule has 4 rings (SSSR count). The zero-order chi connectivity index (χ0) is 17.4. The molecule has 3 aromatic heterocycles. The van der Waals surface area contributed by atoms with Gasteiger partial charge in [0, 0.05) is 33.0 Å². The summed E-state index contributed by atoms with van der Waals surface area (Å²) in [7, 11) is 1.71. The summed E-state index contributed by atoms with van der Waals surface area (Å²) in [5.74, 6) is 1.47. The Hall–Kier alpha value is -2.26. The van der Waals surface area contributed by atoms with Crippen LogP contribution in [0.15, 0.2) is 16.2 Å². The third-order valence-corrected chi connectivity index (χ3v) is 5.44. The van der Waals surface area contributed by atoms with Gasteiger partial charge in [0.1, 0.15) is 10.5 Å². The van der Waals surface area contributed by atoms with Crippen molar-refractivity contribution in [3.8, 4) is 0 Å². The van der Waals surface area contributed by atoms with Crippen LogP contribution in [0.3, 0.4) is 0 Å². The number of carbonyl (C=O) groups is 1. The van der Waals surface area contributed by atoms with Gasteiger partial charge in [0.2, 0.25) is 11.7 Å². The van der Waals surface area contributed by atoms with Gasteiger partial charge in [0.25, 0.3) is 5.56 Å². The monoisotopic (exact) mass is 361 g/mol. The fourth-order valence-corrected chi connectivity index (χ4v) is 4.03. The minimum atomic E-state index is -0.0565. The molecule has 9 heteroatoms. The summed E-state index contributed by atoms with van der Waals surface area (Å²) < 4.78 is 9.41. The lowest BCUT2D eigenvalue weighted by atomic mass is 10.2. The van der Waals surface area contributed by atoms with Crippen molar-refractivity contribution in [1.82, 2.24) is 24.1 Å². The predicted molar refractivity (Wildman–Crippen MR) is 93.9 cm³/mol. The predicted octanol–water partition coefficient (Wildman–Crippen LogP) is 0.824. The Labute approximate surface area is 147 Å². The maximum absolute atomic E-state index is 12.3. The van der Waals surface area contributed by atoms with Crippen LogP contribution >= 0.6 is 11.3 Å². The molecule has 0 radical (unpaired) electrons. The first-order valence-electron chi connectivity index (χ1n) is 8.32. The molecule has 0 spiro atoms. The number of morpholine rings is 1. The first kappa shape index (κ1) is 16.2. The highest BCUT2D eigenvalue weighted by molar-refractivity contribution is 7.17. The quantitative estimate of drug-likeness (QED) is 0.687. The van der Waals surface area contributed by atoms with Gasteiger partial charge >= 0.3 is 0 Å². The van der Waals surface area contributed by atoms with Crippen LogP contribution in [0.1, 0.15) is 18.7 Å². The van der Waals surface area contributed by atoms with E-state index in [1.165, 1.54) is 15.9 Å². The van der Waals surface area contributed by atoms with Crippen molar-refractivity contribution < 1.29 is 9.53 Å². The number of amides is 1. The highest BCUT2D eigenvalue weighted by Crippen LogP contribution is 2.20. The number of hydrogen-bond donors (Lipinski definition) is 0. The summed E-state index contributed by atoms with van der Waals surface area (Å²) in [6, 6.07) is 1.92. The van der Waals surface area contributed by atoms with Gasteiger partial charge in [-0.1, -0.05) is 0 Å². The van der Waals surface area contributed by atoms with E-state index >= 15 is 0 Å². The van der Waals surface area contributed by atoms with Crippen molar-refractivity contribution in [3.63, 3.8) is 0 Å². The Bertz CT molecular complexity index is 983. The van der Waals surface area contributed by atoms with Crippen molar-refractivity contribution in [1.29, 1.82) is 0 Å². The molecule has 0 aliphatic carbocycles. The van der Waals surface area contributed by atoms with Crippen molar-refractivity contribution in [3.05, 3.63) is 27.6 Å². The lowest BCUT2D eigenvalue weighted by Crippen LogP contribution is -2.40. The fraction of sp³-hybridized carbons (Fsp3) is 0.500. The van der Waals surface area contributed by atoms with Gasteiger partial charge in [-0.3, -0.25) is 18.6 Å². The first-order chi connectivity index (χ1) is 12.2. The van der Waals surface area contributed by atoms with Gasteiger partial charge in [-0.05, 0) is 17.9 Å². The van der Waals surface area contributed by atoms with Gasteiger partial charge in [0.15, 0.2) is 0 Å². The van der Waals surface area contributed by atoms with Crippen LogP contribution < -0.4 is 5.56 Å². The minimum Gasteiger partial charge on any atom is -0.378 e. The van der Waals surface area contributed by atoms with Crippen LogP contribution in [0.25, 0.3) is 16.0 Å². The second-order valence-corrected chi connectivity index (χ2v) is 7.01. The zero-order valence-corrected chi connectivity index (χ0v) is 14.8. The van der Waals surface area contributed by atoms with E-state index in [0.717, 1.165) is 11.3 Å². The maximum atomic E-state index is 12.3. The lowest BCUT2D eigenvalue weighted by Gasteiger charge is -2.26.